The van der Waals surface area contributed by atoms with Gasteiger partial charge in [-0.15, -0.1) is 0 Å². The van der Waals surface area contributed by atoms with Crippen molar-refractivity contribution in [1.82, 2.24) is 25.5 Å². The van der Waals surface area contributed by atoms with Crippen LogP contribution in [-0.4, -0.2) is 32.7 Å². The molecule has 2 heterocycles. The summed E-state index contributed by atoms with van der Waals surface area (Å²) in [5, 5.41) is 12.7. The van der Waals surface area contributed by atoms with E-state index in [0.717, 1.165) is 19.3 Å². The SMILES string of the molecule is CCCCCNC(=O)Nc1ncnc2[nH]ncc12. The number of aromatic nitrogens is 4. The molecule has 2 amide bonds. The molecule has 2 aromatic rings. The third-order valence-corrected chi connectivity index (χ3v) is 2.55. The standard InChI is InChI=1S/C11H16N6O/c1-2-3-4-5-12-11(18)16-9-8-6-15-17-10(8)14-7-13-9/h6-7H,2-5H2,1H3,(H3,12,13,14,15,16,17,18). The fourth-order valence-electron chi connectivity index (χ4n) is 1.59. The maximum atomic E-state index is 11.6. The van der Waals surface area contributed by atoms with Crippen LogP contribution in [0.5, 0.6) is 0 Å². The molecule has 0 fully saturated rings. The second kappa shape index (κ2) is 5.95. The molecule has 7 nitrogen and oxygen atoms in total. The van der Waals surface area contributed by atoms with Gasteiger partial charge in [0.15, 0.2) is 5.65 Å². The lowest BCUT2D eigenvalue weighted by Gasteiger charge is -2.06. The summed E-state index contributed by atoms with van der Waals surface area (Å²) in [6.07, 6.45) is 6.19. The Morgan fingerprint density at radius 1 is 1.39 bits per heavy atom. The Kier molecular flexibility index (Phi) is 4.06. The van der Waals surface area contributed by atoms with Crippen LogP contribution in [0.25, 0.3) is 11.0 Å². The van der Waals surface area contributed by atoms with Gasteiger partial charge >= 0.3 is 6.03 Å². The van der Waals surface area contributed by atoms with Crippen LogP contribution in [0.4, 0.5) is 10.6 Å². The molecule has 0 bridgehead atoms. The van der Waals surface area contributed by atoms with Crippen molar-refractivity contribution in [3.05, 3.63) is 12.5 Å². The van der Waals surface area contributed by atoms with Crippen LogP contribution in [0.1, 0.15) is 26.2 Å². The van der Waals surface area contributed by atoms with E-state index in [4.69, 9.17) is 0 Å². The minimum Gasteiger partial charge on any atom is -0.338 e. The molecule has 0 atom stereocenters. The molecular formula is C11H16N6O. The summed E-state index contributed by atoms with van der Waals surface area (Å²) in [5.74, 6) is 0.460. The van der Waals surface area contributed by atoms with Crippen molar-refractivity contribution < 1.29 is 4.79 Å². The third kappa shape index (κ3) is 2.93. The Labute approximate surface area is 104 Å². The van der Waals surface area contributed by atoms with Gasteiger partial charge in [-0.3, -0.25) is 10.4 Å². The molecule has 18 heavy (non-hydrogen) atoms. The smallest absolute Gasteiger partial charge is 0.320 e. The minimum atomic E-state index is -0.257. The molecule has 96 valence electrons. The summed E-state index contributed by atoms with van der Waals surface area (Å²) >= 11 is 0. The highest BCUT2D eigenvalue weighted by molar-refractivity contribution is 5.96. The molecule has 0 aromatic carbocycles. The van der Waals surface area contributed by atoms with Gasteiger partial charge in [-0.2, -0.15) is 5.10 Å². The third-order valence-electron chi connectivity index (χ3n) is 2.55. The summed E-state index contributed by atoms with van der Waals surface area (Å²) in [4.78, 5) is 19.6. The lowest BCUT2D eigenvalue weighted by atomic mass is 10.2. The second-order valence-electron chi connectivity index (χ2n) is 3.94. The molecule has 0 spiro atoms. The van der Waals surface area contributed by atoms with E-state index in [1.807, 2.05) is 0 Å². The van der Waals surface area contributed by atoms with Crippen LogP contribution in [0, 0.1) is 0 Å². The van der Waals surface area contributed by atoms with Crippen LogP contribution < -0.4 is 10.6 Å². The van der Waals surface area contributed by atoms with Crippen LogP contribution in [0.15, 0.2) is 12.5 Å². The molecule has 0 radical (unpaired) electrons. The Hall–Kier alpha value is -2.18. The number of carbonyl (C=O) groups is 1. The fraction of sp³-hybridized carbons (Fsp3) is 0.455. The predicted molar refractivity (Wildman–Crippen MR) is 68.2 cm³/mol. The van der Waals surface area contributed by atoms with Crippen molar-refractivity contribution in [3.63, 3.8) is 0 Å². The number of nitrogens with one attached hydrogen (secondary N) is 3. The molecule has 0 aliphatic rings. The average molecular weight is 248 g/mol. The van der Waals surface area contributed by atoms with Gasteiger partial charge in [0.05, 0.1) is 11.6 Å². The van der Waals surface area contributed by atoms with Gasteiger partial charge in [0.2, 0.25) is 0 Å². The summed E-state index contributed by atoms with van der Waals surface area (Å²) in [6, 6.07) is -0.257. The van der Waals surface area contributed by atoms with Crippen LogP contribution >= 0.6 is 0 Å². The summed E-state index contributed by atoms with van der Waals surface area (Å²) in [5.41, 5.74) is 0.603. The van der Waals surface area contributed by atoms with Crippen LogP contribution in [-0.2, 0) is 0 Å². The molecule has 3 N–H and O–H groups in total. The number of amides is 2. The number of hydrogen-bond donors (Lipinski definition) is 3. The largest absolute Gasteiger partial charge is 0.338 e. The van der Waals surface area contributed by atoms with E-state index in [2.05, 4.69) is 37.7 Å². The van der Waals surface area contributed by atoms with E-state index in [9.17, 15) is 4.79 Å². The number of hydrogen-bond acceptors (Lipinski definition) is 4. The van der Waals surface area contributed by atoms with Crippen molar-refractivity contribution in [1.29, 1.82) is 0 Å². The normalized spacial score (nSPS) is 10.5. The Morgan fingerprint density at radius 3 is 3.11 bits per heavy atom. The highest BCUT2D eigenvalue weighted by Gasteiger charge is 2.08. The quantitative estimate of drug-likeness (QED) is 0.701. The number of carbonyl (C=O) groups excluding carboxylic acids is 1. The summed E-state index contributed by atoms with van der Waals surface area (Å²) < 4.78 is 0. The Balaban J connectivity index is 1.92. The molecule has 2 aromatic heterocycles. The monoisotopic (exact) mass is 248 g/mol. The number of anilines is 1. The van der Waals surface area contributed by atoms with Crippen molar-refractivity contribution in [3.8, 4) is 0 Å². The number of fused-ring (bicyclic) bond motifs is 1. The number of nitrogens with zero attached hydrogens (tertiary/aromatic N) is 3. The number of aromatic amines is 1. The van der Waals surface area contributed by atoms with E-state index < -0.39 is 0 Å². The first-order valence-corrected chi connectivity index (χ1v) is 6.00. The zero-order chi connectivity index (χ0) is 12.8. The molecule has 7 heteroatoms. The first-order chi connectivity index (χ1) is 8.81. The second-order valence-corrected chi connectivity index (χ2v) is 3.94. The van der Waals surface area contributed by atoms with E-state index in [-0.39, 0.29) is 6.03 Å². The molecule has 0 aliphatic heterocycles. The topological polar surface area (TPSA) is 95.6 Å². The van der Waals surface area contributed by atoms with Gasteiger partial charge in [0, 0.05) is 6.54 Å². The molecular weight excluding hydrogens is 232 g/mol. The minimum absolute atomic E-state index is 0.257. The molecule has 0 unspecified atom stereocenters. The zero-order valence-electron chi connectivity index (χ0n) is 10.2. The van der Waals surface area contributed by atoms with Crippen molar-refractivity contribution in [2.45, 2.75) is 26.2 Å². The van der Waals surface area contributed by atoms with Crippen molar-refractivity contribution >= 4 is 22.9 Å². The van der Waals surface area contributed by atoms with E-state index >= 15 is 0 Å². The lowest BCUT2D eigenvalue weighted by Crippen LogP contribution is -2.29. The number of urea groups is 1. The number of rotatable bonds is 5. The van der Waals surface area contributed by atoms with E-state index in [1.54, 1.807) is 6.20 Å². The van der Waals surface area contributed by atoms with Gasteiger partial charge < -0.3 is 5.32 Å². The Morgan fingerprint density at radius 2 is 2.28 bits per heavy atom. The zero-order valence-corrected chi connectivity index (χ0v) is 10.2. The first-order valence-electron chi connectivity index (χ1n) is 6.00. The van der Waals surface area contributed by atoms with Crippen LogP contribution in [0.3, 0.4) is 0 Å². The highest BCUT2D eigenvalue weighted by Crippen LogP contribution is 2.15. The highest BCUT2D eigenvalue weighted by atomic mass is 16.2. The molecule has 0 saturated heterocycles. The predicted octanol–water partition coefficient (Wildman–Crippen LogP) is 1.66. The fourth-order valence-corrected chi connectivity index (χ4v) is 1.59. The summed E-state index contributed by atoms with van der Waals surface area (Å²) in [7, 11) is 0. The summed E-state index contributed by atoms with van der Waals surface area (Å²) in [6.45, 7) is 2.79. The maximum absolute atomic E-state index is 11.6. The van der Waals surface area contributed by atoms with Crippen LogP contribution in [0.2, 0.25) is 0 Å². The van der Waals surface area contributed by atoms with Gasteiger partial charge in [0.1, 0.15) is 12.1 Å². The Bertz CT molecular complexity index is 523. The number of unbranched alkanes of at least 4 members (excludes halogenated alkanes) is 2. The van der Waals surface area contributed by atoms with Gasteiger partial charge in [-0.05, 0) is 6.42 Å². The number of H-pyrrole nitrogens is 1. The maximum Gasteiger partial charge on any atom is 0.320 e. The average Bonchev–Trinajstić information content (AvgIpc) is 2.84. The molecule has 0 aliphatic carbocycles. The lowest BCUT2D eigenvalue weighted by molar-refractivity contribution is 0.252. The van der Waals surface area contributed by atoms with E-state index in [0.29, 0.717) is 23.4 Å². The molecule has 0 saturated carbocycles. The molecule has 2 rings (SSSR count). The first kappa shape index (κ1) is 12.3. The van der Waals surface area contributed by atoms with Gasteiger partial charge in [-0.1, -0.05) is 19.8 Å². The van der Waals surface area contributed by atoms with E-state index in [1.165, 1.54) is 6.33 Å². The van der Waals surface area contributed by atoms with Crippen molar-refractivity contribution in [2.24, 2.45) is 0 Å². The van der Waals surface area contributed by atoms with Gasteiger partial charge in [0.25, 0.3) is 0 Å². The van der Waals surface area contributed by atoms with Gasteiger partial charge in [-0.25, -0.2) is 14.8 Å². The van der Waals surface area contributed by atoms with Crippen molar-refractivity contribution in [2.75, 3.05) is 11.9 Å².